The lowest BCUT2D eigenvalue weighted by molar-refractivity contribution is -0.121. The minimum atomic E-state index is -0.343. The average molecular weight is 310 g/mol. The Morgan fingerprint density at radius 1 is 1.48 bits per heavy atom. The molecule has 0 saturated heterocycles. The molecule has 0 atom stereocenters. The van der Waals surface area contributed by atoms with Gasteiger partial charge in [-0.3, -0.25) is 4.79 Å². The normalized spacial score (nSPS) is 14.6. The first-order chi connectivity index (χ1) is 10.2. The summed E-state index contributed by atoms with van der Waals surface area (Å²) in [6.45, 7) is 0.491. The number of carbonyl (C=O) groups excluding carboxylic acids is 1. The lowest BCUT2D eigenvalue weighted by Gasteiger charge is -2.08. The molecule has 1 aromatic carbocycles. The van der Waals surface area contributed by atoms with Gasteiger partial charge in [0.25, 0.3) is 0 Å². The van der Waals surface area contributed by atoms with Crippen LogP contribution in [-0.4, -0.2) is 27.4 Å². The molecule has 1 N–H and O–H groups in total. The van der Waals surface area contributed by atoms with E-state index in [-0.39, 0.29) is 11.7 Å². The number of hydrogen-bond acceptors (Lipinski definition) is 2. The van der Waals surface area contributed by atoms with Crippen LogP contribution < -0.4 is 5.32 Å². The van der Waals surface area contributed by atoms with E-state index in [9.17, 15) is 9.18 Å². The van der Waals surface area contributed by atoms with Crippen LogP contribution in [-0.2, 0) is 17.8 Å². The standard InChI is InChI=1S/C15H17ClFN3O/c16-8-6-13-19-15-11(17)2-1-3-12(15)20(13)9-7-14(21)18-10-4-5-10/h1-3,10H,4-9H2,(H,18,21). The fourth-order valence-corrected chi connectivity index (χ4v) is 2.60. The summed E-state index contributed by atoms with van der Waals surface area (Å²) in [5.74, 6) is 0.834. The molecule has 1 heterocycles. The molecule has 1 amide bonds. The maximum Gasteiger partial charge on any atom is 0.222 e. The third-order valence-electron chi connectivity index (χ3n) is 3.63. The molecule has 0 unspecified atom stereocenters. The summed E-state index contributed by atoms with van der Waals surface area (Å²) in [5.41, 5.74) is 1.06. The molecule has 21 heavy (non-hydrogen) atoms. The third-order valence-corrected chi connectivity index (χ3v) is 3.82. The molecule has 112 valence electrons. The number of halogens is 2. The maximum atomic E-state index is 13.8. The van der Waals surface area contributed by atoms with Crippen molar-refractivity contribution >= 4 is 28.5 Å². The molecule has 3 rings (SSSR count). The zero-order valence-corrected chi connectivity index (χ0v) is 12.4. The summed E-state index contributed by atoms with van der Waals surface area (Å²) in [6.07, 6.45) is 3.07. The predicted octanol–water partition coefficient (Wildman–Crippen LogP) is 2.63. The van der Waals surface area contributed by atoms with Gasteiger partial charge in [0.15, 0.2) is 5.82 Å². The maximum absolute atomic E-state index is 13.8. The zero-order valence-electron chi connectivity index (χ0n) is 11.6. The van der Waals surface area contributed by atoms with Gasteiger partial charge in [0.05, 0.1) is 5.52 Å². The second kappa shape index (κ2) is 6.02. The van der Waals surface area contributed by atoms with Gasteiger partial charge in [-0.05, 0) is 25.0 Å². The van der Waals surface area contributed by atoms with Gasteiger partial charge in [-0.2, -0.15) is 0 Å². The number of amides is 1. The molecular formula is C15H17ClFN3O. The molecule has 1 aliphatic carbocycles. The SMILES string of the molecule is O=C(CCn1c(CCCl)nc2c(F)cccc21)NC1CC1. The molecule has 0 bridgehead atoms. The Morgan fingerprint density at radius 2 is 2.29 bits per heavy atom. The third kappa shape index (κ3) is 3.18. The van der Waals surface area contributed by atoms with Gasteiger partial charge in [0, 0.05) is 31.3 Å². The van der Waals surface area contributed by atoms with Crippen LogP contribution in [0.25, 0.3) is 11.0 Å². The molecule has 4 nitrogen and oxygen atoms in total. The molecule has 1 aromatic heterocycles. The van der Waals surface area contributed by atoms with Crippen molar-refractivity contribution in [3.8, 4) is 0 Å². The molecule has 0 aliphatic heterocycles. The summed E-state index contributed by atoms with van der Waals surface area (Å²) in [7, 11) is 0. The molecule has 0 radical (unpaired) electrons. The molecule has 1 fully saturated rings. The highest BCUT2D eigenvalue weighted by molar-refractivity contribution is 6.17. The molecule has 6 heteroatoms. The van der Waals surface area contributed by atoms with Gasteiger partial charge in [0.1, 0.15) is 11.3 Å². The minimum Gasteiger partial charge on any atom is -0.353 e. The summed E-state index contributed by atoms with van der Waals surface area (Å²) in [4.78, 5) is 16.1. The predicted molar refractivity (Wildman–Crippen MR) is 79.9 cm³/mol. The number of rotatable bonds is 6. The van der Waals surface area contributed by atoms with Crippen molar-refractivity contribution in [1.29, 1.82) is 0 Å². The fourth-order valence-electron chi connectivity index (χ4n) is 2.43. The van der Waals surface area contributed by atoms with Crippen molar-refractivity contribution in [2.24, 2.45) is 0 Å². The highest BCUT2D eigenvalue weighted by Gasteiger charge is 2.23. The van der Waals surface area contributed by atoms with E-state index in [0.29, 0.717) is 42.3 Å². The van der Waals surface area contributed by atoms with Crippen molar-refractivity contribution in [3.63, 3.8) is 0 Å². The number of nitrogens with zero attached hydrogens (tertiary/aromatic N) is 2. The van der Waals surface area contributed by atoms with E-state index in [4.69, 9.17) is 11.6 Å². The van der Waals surface area contributed by atoms with E-state index < -0.39 is 0 Å². The Bertz CT molecular complexity index is 666. The first-order valence-electron chi connectivity index (χ1n) is 7.18. The Hall–Kier alpha value is -1.62. The van der Waals surface area contributed by atoms with Gasteiger partial charge in [0.2, 0.25) is 5.91 Å². The van der Waals surface area contributed by atoms with E-state index in [1.54, 1.807) is 6.07 Å². The van der Waals surface area contributed by atoms with E-state index in [1.165, 1.54) is 6.07 Å². The molecule has 0 spiro atoms. The second-order valence-electron chi connectivity index (χ2n) is 5.32. The van der Waals surface area contributed by atoms with Crippen molar-refractivity contribution in [3.05, 3.63) is 29.8 Å². The number of aromatic nitrogens is 2. The highest BCUT2D eigenvalue weighted by Crippen LogP contribution is 2.21. The lowest BCUT2D eigenvalue weighted by atomic mass is 10.3. The number of imidazole rings is 1. The van der Waals surface area contributed by atoms with Gasteiger partial charge in [-0.15, -0.1) is 11.6 Å². The van der Waals surface area contributed by atoms with Crippen LogP contribution in [0.1, 0.15) is 25.1 Å². The van der Waals surface area contributed by atoms with E-state index in [0.717, 1.165) is 18.7 Å². The molecule has 1 saturated carbocycles. The Balaban J connectivity index is 1.82. The van der Waals surface area contributed by atoms with Crippen LogP contribution in [0.15, 0.2) is 18.2 Å². The number of carbonyl (C=O) groups is 1. The number of benzene rings is 1. The largest absolute Gasteiger partial charge is 0.353 e. The first kappa shape index (κ1) is 14.3. The topological polar surface area (TPSA) is 46.9 Å². The monoisotopic (exact) mass is 309 g/mol. The van der Waals surface area contributed by atoms with E-state index in [1.807, 2.05) is 10.6 Å². The van der Waals surface area contributed by atoms with Crippen LogP contribution in [0, 0.1) is 5.82 Å². The van der Waals surface area contributed by atoms with Crippen molar-refractivity contribution in [1.82, 2.24) is 14.9 Å². The quantitative estimate of drug-likeness (QED) is 0.834. The number of fused-ring (bicyclic) bond motifs is 1. The number of alkyl halides is 1. The summed E-state index contributed by atoms with van der Waals surface area (Å²) in [5, 5.41) is 2.95. The Morgan fingerprint density at radius 3 is 3.00 bits per heavy atom. The first-order valence-corrected chi connectivity index (χ1v) is 7.71. The Kier molecular flexibility index (Phi) is 4.10. The summed E-state index contributed by atoms with van der Waals surface area (Å²) >= 11 is 5.79. The summed E-state index contributed by atoms with van der Waals surface area (Å²) < 4.78 is 15.7. The van der Waals surface area contributed by atoms with Gasteiger partial charge >= 0.3 is 0 Å². The number of hydrogen-bond donors (Lipinski definition) is 1. The minimum absolute atomic E-state index is 0.0348. The average Bonchev–Trinajstić information content (AvgIpc) is 3.19. The van der Waals surface area contributed by atoms with Crippen molar-refractivity contribution < 1.29 is 9.18 Å². The molecule has 2 aromatic rings. The van der Waals surface area contributed by atoms with Crippen LogP contribution in [0.2, 0.25) is 0 Å². The Labute approximate surface area is 127 Å². The molecule has 1 aliphatic rings. The van der Waals surface area contributed by atoms with Crippen LogP contribution in [0.4, 0.5) is 4.39 Å². The highest BCUT2D eigenvalue weighted by atomic mass is 35.5. The smallest absolute Gasteiger partial charge is 0.222 e. The van der Waals surface area contributed by atoms with Crippen molar-refractivity contribution in [2.75, 3.05) is 5.88 Å². The van der Waals surface area contributed by atoms with Gasteiger partial charge in [-0.1, -0.05) is 6.07 Å². The fraction of sp³-hybridized carbons (Fsp3) is 0.467. The van der Waals surface area contributed by atoms with E-state index in [2.05, 4.69) is 10.3 Å². The van der Waals surface area contributed by atoms with Gasteiger partial charge < -0.3 is 9.88 Å². The van der Waals surface area contributed by atoms with E-state index >= 15 is 0 Å². The summed E-state index contributed by atoms with van der Waals surface area (Å²) in [6, 6.07) is 5.23. The van der Waals surface area contributed by atoms with Crippen LogP contribution >= 0.6 is 11.6 Å². The number of nitrogens with one attached hydrogen (secondary N) is 1. The lowest BCUT2D eigenvalue weighted by Crippen LogP contribution is -2.26. The van der Waals surface area contributed by atoms with Gasteiger partial charge in [-0.25, -0.2) is 9.37 Å². The number of para-hydroxylation sites is 1. The zero-order chi connectivity index (χ0) is 14.8. The number of aryl methyl sites for hydroxylation is 2. The van der Waals surface area contributed by atoms with Crippen LogP contribution in [0.3, 0.4) is 0 Å². The van der Waals surface area contributed by atoms with Crippen LogP contribution in [0.5, 0.6) is 0 Å². The molecular weight excluding hydrogens is 293 g/mol. The van der Waals surface area contributed by atoms with Crippen molar-refractivity contribution in [2.45, 2.75) is 38.3 Å². The second-order valence-corrected chi connectivity index (χ2v) is 5.70.